The number of aliphatic hydroxyl groups excluding tert-OH is 1. The molecule has 108 valence electrons. The van der Waals surface area contributed by atoms with Crippen molar-refractivity contribution in [1.82, 2.24) is 0 Å². The lowest BCUT2D eigenvalue weighted by molar-refractivity contribution is 0.280. The van der Waals surface area contributed by atoms with Crippen LogP contribution < -0.4 is 0 Å². The van der Waals surface area contributed by atoms with Crippen LogP contribution in [0.2, 0.25) is 0 Å². The van der Waals surface area contributed by atoms with Gasteiger partial charge in [-0.3, -0.25) is 0 Å². The molecule has 1 nitrogen and oxygen atoms in total. The minimum absolute atomic E-state index is 0.0755. The Kier molecular flexibility index (Phi) is 3.09. The van der Waals surface area contributed by atoms with Crippen LogP contribution in [-0.4, -0.2) is 5.11 Å². The van der Waals surface area contributed by atoms with Gasteiger partial charge in [-0.15, -0.1) is 0 Å². The number of aliphatic hydroxyl groups is 1. The van der Waals surface area contributed by atoms with Crippen LogP contribution in [0, 0.1) is 0 Å². The molecule has 0 aliphatic heterocycles. The molecule has 1 aliphatic rings. The minimum Gasteiger partial charge on any atom is -0.392 e. The zero-order chi connectivity index (χ0) is 15.1. The normalized spacial score (nSPS) is 16.6. The lowest BCUT2D eigenvalue weighted by Gasteiger charge is -2.21. The summed E-state index contributed by atoms with van der Waals surface area (Å²) in [5.41, 5.74) is 6.24. The van der Waals surface area contributed by atoms with Crippen molar-refractivity contribution in [3.05, 3.63) is 88.5 Å². The summed E-state index contributed by atoms with van der Waals surface area (Å²) < 4.78 is 0. The maximum atomic E-state index is 9.85. The van der Waals surface area contributed by atoms with Crippen molar-refractivity contribution in [3.63, 3.8) is 0 Å². The lowest BCUT2D eigenvalue weighted by Crippen LogP contribution is -2.05. The van der Waals surface area contributed by atoms with Crippen LogP contribution in [0.1, 0.15) is 35.1 Å². The Bertz CT molecular complexity index is 889. The highest BCUT2D eigenvalue weighted by Gasteiger charge is 2.27. The van der Waals surface area contributed by atoms with E-state index >= 15 is 0 Å². The van der Waals surface area contributed by atoms with Gasteiger partial charge in [0.15, 0.2) is 0 Å². The molecule has 1 atom stereocenters. The minimum atomic E-state index is 0.0755. The van der Waals surface area contributed by atoms with Gasteiger partial charge < -0.3 is 5.11 Å². The predicted molar refractivity (Wildman–Crippen MR) is 91.8 cm³/mol. The molecule has 3 aromatic carbocycles. The fourth-order valence-corrected chi connectivity index (χ4v) is 3.68. The van der Waals surface area contributed by atoms with Gasteiger partial charge in [-0.2, -0.15) is 0 Å². The van der Waals surface area contributed by atoms with Crippen LogP contribution in [0.5, 0.6) is 0 Å². The van der Waals surface area contributed by atoms with Gasteiger partial charge in [0.1, 0.15) is 0 Å². The molecule has 0 saturated carbocycles. The van der Waals surface area contributed by atoms with Gasteiger partial charge in [-0.05, 0) is 39.9 Å². The van der Waals surface area contributed by atoms with Crippen LogP contribution >= 0.6 is 0 Å². The highest BCUT2D eigenvalue weighted by Crippen LogP contribution is 2.44. The van der Waals surface area contributed by atoms with E-state index < -0.39 is 0 Å². The first-order valence-electron chi connectivity index (χ1n) is 7.68. The third-order valence-electron chi connectivity index (χ3n) is 4.67. The Morgan fingerprint density at radius 1 is 0.909 bits per heavy atom. The zero-order valence-electron chi connectivity index (χ0n) is 12.6. The molecule has 22 heavy (non-hydrogen) atoms. The van der Waals surface area contributed by atoms with Gasteiger partial charge >= 0.3 is 0 Å². The average molecular weight is 286 g/mol. The van der Waals surface area contributed by atoms with Crippen molar-refractivity contribution in [1.29, 1.82) is 0 Å². The number of hydrogen-bond donors (Lipinski definition) is 1. The molecule has 0 bridgehead atoms. The predicted octanol–water partition coefficient (Wildman–Crippen LogP) is 4.88. The van der Waals surface area contributed by atoms with Crippen molar-refractivity contribution >= 4 is 16.8 Å². The summed E-state index contributed by atoms with van der Waals surface area (Å²) in [6.07, 6.45) is 2.27. The largest absolute Gasteiger partial charge is 0.392 e. The van der Waals surface area contributed by atoms with E-state index in [1.165, 1.54) is 33.0 Å². The molecule has 1 unspecified atom stereocenters. The highest BCUT2D eigenvalue weighted by molar-refractivity contribution is 5.89. The molecule has 0 saturated heterocycles. The van der Waals surface area contributed by atoms with E-state index in [0.717, 1.165) is 5.56 Å². The molecular weight excluding hydrogens is 268 g/mol. The van der Waals surface area contributed by atoms with Crippen LogP contribution in [0.3, 0.4) is 0 Å². The standard InChI is InChI=1S/C21H18O/c1-14-12-16-7-3-5-9-19(16)20(14)21-17(13-22)11-10-15-6-2-4-8-18(15)21/h2-12,20,22H,13H2,1H3. The summed E-state index contributed by atoms with van der Waals surface area (Å²) in [7, 11) is 0. The first kappa shape index (κ1) is 13.3. The van der Waals surface area contributed by atoms with E-state index in [4.69, 9.17) is 0 Å². The number of rotatable bonds is 2. The van der Waals surface area contributed by atoms with E-state index in [1.807, 2.05) is 0 Å². The average Bonchev–Trinajstić information content (AvgIpc) is 2.89. The van der Waals surface area contributed by atoms with Crippen molar-refractivity contribution in [2.75, 3.05) is 0 Å². The summed E-state index contributed by atoms with van der Waals surface area (Å²) in [6.45, 7) is 2.26. The first-order chi connectivity index (χ1) is 10.8. The monoisotopic (exact) mass is 286 g/mol. The number of hydrogen-bond acceptors (Lipinski definition) is 1. The van der Waals surface area contributed by atoms with Gasteiger partial charge in [-0.1, -0.05) is 72.3 Å². The SMILES string of the molecule is CC1=Cc2ccccc2C1c1c(CO)ccc2ccccc12. The van der Waals surface area contributed by atoms with Gasteiger partial charge in [0.2, 0.25) is 0 Å². The molecule has 0 radical (unpaired) electrons. The summed E-state index contributed by atoms with van der Waals surface area (Å²) in [4.78, 5) is 0. The smallest absolute Gasteiger partial charge is 0.0685 e. The maximum absolute atomic E-state index is 9.85. The summed E-state index contributed by atoms with van der Waals surface area (Å²) >= 11 is 0. The summed E-state index contributed by atoms with van der Waals surface area (Å²) in [5.74, 6) is 0.240. The second-order valence-electron chi connectivity index (χ2n) is 5.97. The Morgan fingerprint density at radius 2 is 1.68 bits per heavy atom. The van der Waals surface area contributed by atoms with Gasteiger partial charge in [0, 0.05) is 5.92 Å². The Hall–Kier alpha value is -2.38. The molecule has 0 amide bonds. The number of benzene rings is 3. The molecule has 0 aromatic heterocycles. The van der Waals surface area contributed by atoms with Gasteiger partial charge in [0.05, 0.1) is 6.61 Å². The number of fused-ring (bicyclic) bond motifs is 2. The van der Waals surface area contributed by atoms with Crippen LogP contribution in [0.25, 0.3) is 16.8 Å². The molecule has 0 heterocycles. The summed E-state index contributed by atoms with van der Waals surface area (Å²) in [6, 6.07) is 21.2. The fourth-order valence-electron chi connectivity index (χ4n) is 3.68. The molecule has 4 rings (SSSR count). The molecule has 0 spiro atoms. The molecule has 0 fully saturated rings. The highest BCUT2D eigenvalue weighted by atomic mass is 16.3. The van der Waals surface area contributed by atoms with E-state index in [2.05, 4.69) is 73.7 Å². The van der Waals surface area contributed by atoms with E-state index in [1.54, 1.807) is 0 Å². The van der Waals surface area contributed by atoms with Crippen LogP contribution in [0.4, 0.5) is 0 Å². The zero-order valence-corrected chi connectivity index (χ0v) is 12.6. The van der Waals surface area contributed by atoms with Gasteiger partial charge in [0.25, 0.3) is 0 Å². The van der Waals surface area contributed by atoms with Crippen molar-refractivity contribution < 1.29 is 5.11 Å². The van der Waals surface area contributed by atoms with E-state index in [0.29, 0.717) is 0 Å². The molecule has 3 aromatic rings. The van der Waals surface area contributed by atoms with E-state index in [-0.39, 0.29) is 12.5 Å². The molecule has 1 N–H and O–H groups in total. The first-order valence-corrected chi connectivity index (χ1v) is 7.68. The fraction of sp³-hybridized carbons (Fsp3) is 0.143. The van der Waals surface area contributed by atoms with Crippen molar-refractivity contribution in [2.45, 2.75) is 19.4 Å². The number of allylic oxidation sites excluding steroid dienone is 1. The Morgan fingerprint density at radius 3 is 2.55 bits per heavy atom. The quantitative estimate of drug-likeness (QED) is 0.711. The van der Waals surface area contributed by atoms with Crippen LogP contribution in [0.15, 0.2) is 66.2 Å². The molecule has 1 aliphatic carbocycles. The van der Waals surface area contributed by atoms with E-state index in [9.17, 15) is 5.11 Å². The van der Waals surface area contributed by atoms with Crippen LogP contribution in [-0.2, 0) is 6.61 Å². The topological polar surface area (TPSA) is 20.2 Å². The molecular formula is C21H18O. The van der Waals surface area contributed by atoms with Gasteiger partial charge in [-0.25, -0.2) is 0 Å². The second kappa shape index (κ2) is 5.11. The van der Waals surface area contributed by atoms with Crippen molar-refractivity contribution in [2.24, 2.45) is 0 Å². The Labute approximate surface area is 130 Å². The summed E-state index contributed by atoms with van der Waals surface area (Å²) in [5, 5.41) is 12.3. The third-order valence-corrected chi connectivity index (χ3v) is 4.67. The third kappa shape index (κ3) is 1.90. The maximum Gasteiger partial charge on any atom is 0.0685 e. The molecule has 1 heteroatoms. The lowest BCUT2D eigenvalue weighted by atomic mass is 9.83. The van der Waals surface area contributed by atoms with Crippen molar-refractivity contribution in [3.8, 4) is 0 Å². The Balaban J connectivity index is 2.04. The second-order valence-corrected chi connectivity index (χ2v) is 5.97.